The minimum absolute atomic E-state index is 0.00605. The maximum atomic E-state index is 13.5. The molecular weight excluding hydrogens is 508 g/mol. The molecule has 4 aromatic rings. The lowest BCUT2D eigenvalue weighted by molar-refractivity contribution is -0.132. The molecule has 1 aliphatic heterocycles. The number of hydrogen-bond acceptors (Lipinski definition) is 6. The average molecular weight is 533 g/mol. The van der Waals surface area contributed by atoms with Crippen molar-refractivity contribution < 1.29 is 19.4 Å². The molecule has 5 rings (SSSR count). The number of Topliss-reactive ketones (excluding diaryl/α,β-unsaturated/α-hetero) is 1. The Bertz CT molecular complexity index is 1530. The second-order valence-corrected chi connectivity index (χ2v) is 10.2. The van der Waals surface area contributed by atoms with Crippen LogP contribution in [0.25, 0.3) is 16.0 Å². The molecule has 1 saturated heterocycles. The van der Waals surface area contributed by atoms with E-state index in [1.54, 1.807) is 30.3 Å². The van der Waals surface area contributed by atoms with Gasteiger partial charge in [0, 0.05) is 10.6 Å². The van der Waals surface area contributed by atoms with Gasteiger partial charge in [0.1, 0.15) is 11.5 Å². The molecule has 0 radical (unpaired) electrons. The van der Waals surface area contributed by atoms with Crippen molar-refractivity contribution in [3.8, 4) is 5.75 Å². The van der Waals surface area contributed by atoms with E-state index in [2.05, 4.69) is 13.0 Å². The smallest absolute Gasteiger partial charge is 0.301 e. The SMILES string of the molecule is CCCOc1cccc([C@@H]2/C(=C(\O)c3ccc(Cl)cc3)C(=O)C(=O)N2c2nc3ccc(CC)cc3s2)c1. The van der Waals surface area contributed by atoms with Gasteiger partial charge in [0.05, 0.1) is 28.4 Å². The highest BCUT2D eigenvalue weighted by Crippen LogP contribution is 2.45. The Morgan fingerprint density at radius 2 is 1.86 bits per heavy atom. The summed E-state index contributed by atoms with van der Waals surface area (Å²) in [6.45, 7) is 4.63. The normalized spacial score (nSPS) is 17.1. The Morgan fingerprint density at radius 3 is 2.59 bits per heavy atom. The van der Waals surface area contributed by atoms with E-state index < -0.39 is 17.7 Å². The third-order valence-electron chi connectivity index (χ3n) is 6.26. The maximum absolute atomic E-state index is 13.5. The van der Waals surface area contributed by atoms with Crippen LogP contribution in [0.2, 0.25) is 5.02 Å². The van der Waals surface area contributed by atoms with Crippen molar-refractivity contribution in [2.45, 2.75) is 32.7 Å². The largest absolute Gasteiger partial charge is 0.507 e. The number of thiazole rings is 1. The first kappa shape index (κ1) is 25.0. The van der Waals surface area contributed by atoms with Crippen LogP contribution in [0.5, 0.6) is 5.75 Å². The predicted octanol–water partition coefficient (Wildman–Crippen LogP) is 6.93. The number of rotatable bonds is 7. The molecule has 3 aromatic carbocycles. The van der Waals surface area contributed by atoms with Crippen molar-refractivity contribution in [1.82, 2.24) is 4.98 Å². The Labute approximate surface area is 223 Å². The van der Waals surface area contributed by atoms with Gasteiger partial charge in [-0.15, -0.1) is 0 Å². The van der Waals surface area contributed by atoms with Crippen LogP contribution < -0.4 is 9.64 Å². The number of aromatic nitrogens is 1. The van der Waals surface area contributed by atoms with E-state index in [1.807, 2.05) is 37.3 Å². The van der Waals surface area contributed by atoms with Gasteiger partial charge in [0.25, 0.3) is 5.78 Å². The molecule has 0 bridgehead atoms. The summed E-state index contributed by atoms with van der Waals surface area (Å²) >= 11 is 7.37. The Hall–Kier alpha value is -3.68. The summed E-state index contributed by atoms with van der Waals surface area (Å²) in [5, 5.41) is 12.2. The summed E-state index contributed by atoms with van der Waals surface area (Å²) in [4.78, 5) is 33.0. The molecule has 2 heterocycles. The number of aliphatic hydroxyl groups is 1. The fourth-order valence-electron chi connectivity index (χ4n) is 4.38. The summed E-state index contributed by atoms with van der Waals surface area (Å²) in [5.74, 6) is -1.16. The topological polar surface area (TPSA) is 79.7 Å². The molecule has 6 nitrogen and oxygen atoms in total. The van der Waals surface area contributed by atoms with Gasteiger partial charge in [-0.3, -0.25) is 14.5 Å². The second-order valence-electron chi connectivity index (χ2n) is 8.75. The molecule has 0 saturated carbocycles. The third-order valence-corrected chi connectivity index (χ3v) is 7.53. The van der Waals surface area contributed by atoms with Gasteiger partial charge < -0.3 is 9.84 Å². The molecule has 1 atom stereocenters. The van der Waals surface area contributed by atoms with Crippen LogP contribution in [0.15, 0.2) is 72.3 Å². The van der Waals surface area contributed by atoms with E-state index in [4.69, 9.17) is 21.3 Å². The molecule has 1 aromatic heterocycles. The minimum atomic E-state index is -0.882. The first-order chi connectivity index (χ1) is 17.9. The van der Waals surface area contributed by atoms with E-state index in [0.717, 1.165) is 28.6 Å². The summed E-state index contributed by atoms with van der Waals surface area (Å²) in [6, 6.07) is 18.8. The summed E-state index contributed by atoms with van der Waals surface area (Å²) in [5.41, 5.74) is 2.92. The van der Waals surface area contributed by atoms with Crippen molar-refractivity contribution in [3.05, 3.63) is 94.0 Å². The Balaban J connectivity index is 1.69. The van der Waals surface area contributed by atoms with Crippen molar-refractivity contribution in [1.29, 1.82) is 0 Å². The molecule has 8 heteroatoms. The van der Waals surface area contributed by atoms with Crippen LogP contribution in [0.3, 0.4) is 0 Å². The van der Waals surface area contributed by atoms with E-state index in [1.165, 1.54) is 16.2 Å². The molecule has 1 fully saturated rings. The standard InChI is InChI=1S/C29H25ClN2O4S/c1-3-14-36-21-7-5-6-19(16-21)25-24(26(33)18-9-11-20(30)12-10-18)27(34)28(35)32(25)29-31-22-13-8-17(4-2)15-23(22)37-29/h5-13,15-16,25,33H,3-4,14H2,1-2H3/b26-24+/t25-/m1/s1. The van der Waals surface area contributed by atoms with Gasteiger partial charge in [0.15, 0.2) is 5.13 Å². The van der Waals surface area contributed by atoms with Gasteiger partial charge in [-0.05, 0) is 72.5 Å². The molecule has 1 aliphatic rings. The molecule has 0 aliphatic carbocycles. The molecular formula is C29H25ClN2O4S. The van der Waals surface area contributed by atoms with Crippen molar-refractivity contribution in [2.24, 2.45) is 0 Å². The fraction of sp³-hybridized carbons (Fsp3) is 0.207. The van der Waals surface area contributed by atoms with Crippen LogP contribution in [0, 0.1) is 0 Å². The highest BCUT2D eigenvalue weighted by Gasteiger charge is 2.48. The first-order valence-electron chi connectivity index (χ1n) is 12.1. The van der Waals surface area contributed by atoms with E-state index in [-0.39, 0.29) is 11.3 Å². The predicted molar refractivity (Wildman–Crippen MR) is 147 cm³/mol. The van der Waals surface area contributed by atoms with Gasteiger partial charge in [-0.25, -0.2) is 4.98 Å². The zero-order valence-corrected chi connectivity index (χ0v) is 22.0. The van der Waals surface area contributed by atoms with E-state index in [9.17, 15) is 14.7 Å². The summed E-state index contributed by atoms with van der Waals surface area (Å²) in [7, 11) is 0. The number of fused-ring (bicyclic) bond motifs is 1. The number of amides is 1. The van der Waals surface area contributed by atoms with Crippen molar-refractivity contribution in [3.63, 3.8) is 0 Å². The lowest BCUT2D eigenvalue weighted by Crippen LogP contribution is -2.29. The van der Waals surface area contributed by atoms with Gasteiger partial charge in [0.2, 0.25) is 0 Å². The summed E-state index contributed by atoms with van der Waals surface area (Å²) < 4.78 is 6.75. The zero-order chi connectivity index (χ0) is 26.1. The number of aliphatic hydroxyl groups excluding tert-OH is 1. The number of carbonyl (C=O) groups is 2. The fourth-order valence-corrected chi connectivity index (χ4v) is 5.56. The minimum Gasteiger partial charge on any atom is -0.507 e. The average Bonchev–Trinajstić information content (AvgIpc) is 3.45. The Kier molecular flexibility index (Phi) is 7.00. The van der Waals surface area contributed by atoms with Gasteiger partial charge >= 0.3 is 5.91 Å². The summed E-state index contributed by atoms with van der Waals surface area (Å²) in [6.07, 6.45) is 1.71. The number of nitrogens with zero attached hydrogens (tertiary/aromatic N) is 2. The highest BCUT2D eigenvalue weighted by atomic mass is 35.5. The quantitative estimate of drug-likeness (QED) is 0.159. The Morgan fingerprint density at radius 1 is 1.08 bits per heavy atom. The van der Waals surface area contributed by atoms with Gasteiger partial charge in [-0.2, -0.15) is 0 Å². The number of anilines is 1. The lowest BCUT2D eigenvalue weighted by atomic mass is 9.95. The molecule has 37 heavy (non-hydrogen) atoms. The van der Waals surface area contributed by atoms with Crippen molar-refractivity contribution >= 4 is 55.7 Å². The zero-order valence-electron chi connectivity index (χ0n) is 20.4. The number of aryl methyl sites for hydroxylation is 1. The van der Waals surface area contributed by atoms with E-state index in [0.29, 0.717) is 33.6 Å². The monoisotopic (exact) mass is 532 g/mol. The number of carbonyl (C=O) groups excluding carboxylic acids is 2. The number of halogens is 1. The second kappa shape index (κ2) is 10.4. The highest BCUT2D eigenvalue weighted by molar-refractivity contribution is 7.22. The van der Waals surface area contributed by atoms with Gasteiger partial charge in [-0.1, -0.05) is 55.0 Å². The number of hydrogen-bond donors (Lipinski definition) is 1. The molecule has 1 amide bonds. The molecule has 1 N–H and O–H groups in total. The third kappa shape index (κ3) is 4.72. The first-order valence-corrected chi connectivity index (χ1v) is 13.3. The van der Waals surface area contributed by atoms with Crippen LogP contribution in [-0.4, -0.2) is 28.4 Å². The number of benzene rings is 3. The van der Waals surface area contributed by atoms with Crippen molar-refractivity contribution in [2.75, 3.05) is 11.5 Å². The van der Waals surface area contributed by atoms with E-state index >= 15 is 0 Å². The number of ketones is 1. The molecule has 0 unspecified atom stereocenters. The molecule has 0 spiro atoms. The van der Waals surface area contributed by atoms with Crippen LogP contribution in [-0.2, 0) is 16.0 Å². The maximum Gasteiger partial charge on any atom is 0.301 e. The van der Waals surface area contributed by atoms with Crippen LogP contribution in [0.1, 0.15) is 43.0 Å². The van der Waals surface area contributed by atoms with Crippen LogP contribution >= 0.6 is 22.9 Å². The van der Waals surface area contributed by atoms with Crippen LogP contribution in [0.4, 0.5) is 5.13 Å². The molecule has 188 valence electrons. The number of ether oxygens (including phenoxy) is 1. The lowest BCUT2D eigenvalue weighted by Gasteiger charge is -2.23.